The van der Waals surface area contributed by atoms with Gasteiger partial charge in [-0.1, -0.05) is 18.2 Å². The highest BCUT2D eigenvalue weighted by Gasteiger charge is 2.10. The summed E-state index contributed by atoms with van der Waals surface area (Å²) in [5.74, 6) is 0.0727. The van der Waals surface area contributed by atoms with E-state index in [2.05, 4.69) is 28.8 Å². The van der Waals surface area contributed by atoms with Crippen molar-refractivity contribution in [1.82, 2.24) is 10.6 Å². The van der Waals surface area contributed by atoms with Crippen LogP contribution in [0.2, 0.25) is 0 Å². The third-order valence-electron chi connectivity index (χ3n) is 3.65. The lowest BCUT2D eigenvalue weighted by molar-refractivity contribution is -0.121. The Kier molecular flexibility index (Phi) is 6.02. The maximum atomic E-state index is 11.5. The molecule has 0 radical (unpaired) electrons. The minimum absolute atomic E-state index is 0.0727. The number of aryl methyl sites for hydroxylation is 2. The Bertz CT molecular complexity index is 446. The van der Waals surface area contributed by atoms with Crippen molar-refractivity contribution < 1.29 is 9.53 Å². The van der Waals surface area contributed by atoms with Crippen LogP contribution in [0.15, 0.2) is 18.2 Å². The van der Waals surface area contributed by atoms with Crippen molar-refractivity contribution in [2.75, 3.05) is 26.8 Å². The minimum Gasteiger partial charge on any atom is -0.383 e. The van der Waals surface area contributed by atoms with Gasteiger partial charge in [-0.15, -0.1) is 0 Å². The summed E-state index contributed by atoms with van der Waals surface area (Å²) in [4.78, 5) is 11.5. The summed E-state index contributed by atoms with van der Waals surface area (Å²) in [5.41, 5.74) is 4.32. The molecule has 0 spiro atoms. The fourth-order valence-electron chi connectivity index (χ4n) is 2.55. The number of methoxy groups -OCH3 is 1. The van der Waals surface area contributed by atoms with Gasteiger partial charge in [0, 0.05) is 33.2 Å². The van der Waals surface area contributed by atoms with E-state index in [1.807, 2.05) is 0 Å². The van der Waals surface area contributed by atoms with Gasteiger partial charge in [-0.3, -0.25) is 4.79 Å². The smallest absolute Gasteiger partial charge is 0.221 e. The van der Waals surface area contributed by atoms with Crippen LogP contribution in [0, 0.1) is 0 Å². The maximum absolute atomic E-state index is 11.5. The van der Waals surface area contributed by atoms with Gasteiger partial charge in [0.05, 0.1) is 6.61 Å². The molecule has 2 N–H and O–H groups in total. The van der Waals surface area contributed by atoms with Crippen molar-refractivity contribution in [3.63, 3.8) is 0 Å². The van der Waals surface area contributed by atoms with E-state index in [9.17, 15) is 4.79 Å². The molecular formula is C16H24N2O2. The Morgan fingerprint density at radius 1 is 1.25 bits per heavy atom. The summed E-state index contributed by atoms with van der Waals surface area (Å²) in [5, 5.41) is 6.13. The van der Waals surface area contributed by atoms with Crippen molar-refractivity contribution in [1.29, 1.82) is 0 Å². The SMILES string of the molecule is COCCNC(=O)CCNCc1ccc2c(c1)CCC2. The van der Waals surface area contributed by atoms with Crippen LogP contribution < -0.4 is 10.6 Å². The molecule has 4 heteroatoms. The van der Waals surface area contributed by atoms with Crippen molar-refractivity contribution in [2.24, 2.45) is 0 Å². The van der Waals surface area contributed by atoms with E-state index in [0.717, 1.165) is 6.54 Å². The fourth-order valence-corrected chi connectivity index (χ4v) is 2.55. The molecule has 4 nitrogen and oxygen atoms in total. The van der Waals surface area contributed by atoms with E-state index in [1.54, 1.807) is 7.11 Å². The van der Waals surface area contributed by atoms with Crippen molar-refractivity contribution >= 4 is 5.91 Å². The highest BCUT2D eigenvalue weighted by atomic mass is 16.5. The summed E-state index contributed by atoms with van der Waals surface area (Å²) in [6.45, 7) is 2.68. The van der Waals surface area contributed by atoms with Crippen LogP contribution in [0.3, 0.4) is 0 Å². The van der Waals surface area contributed by atoms with Gasteiger partial charge in [0.15, 0.2) is 0 Å². The topological polar surface area (TPSA) is 50.4 Å². The first-order valence-corrected chi connectivity index (χ1v) is 7.36. The molecule has 0 atom stereocenters. The number of hydrogen-bond donors (Lipinski definition) is 2. The molecule has 0 bridgehead atoms. The van der Waals surface area contributed by atoms with Crippen LogP contribution >= 0.6 is 0 Å². The number of benzene rings is 1. The zero-order chi connectivity index (χ0) is 14.2. The van der Waals surface area contributed by atoms with E-state index in [1.165, 1.54) is 36.0 Å². The zero-order valence-electron chi connectivity index (χ0n) is 12.2. The Balaban J connectivity index is 1.62. The average molecular weight is 276 g/mol. The fraction of sp³-hybridized carbons (Fsp3) is 0.562. The van der Waals surface area contributed by atoms with Gasteiger partial charge in [-0.2, -0.15) is 0 Å². The molecule has 1 aliphatic rings. The van der Waals surface area contributed by atoms with Crippen LogP contribution in [-0.2, 0) is 28.9 Å². The lowest BCUT2D eigenvalue weighted by Gasteiger charge is -2.08. The number of amides is 1. The summed E-state index contributed by atoms with van der Waals surface area (Å²) in [6.07, 6.45) is 4.23. The molecule has 1 amide bonds. The third-order valence-corrected chi connectivity index (χ3v) is 3.65. The second kappa shape index (κ2) is 8.02. The van der Waals surface area contributed by atoms with Gasteiger partial charge in [0.1, 0.15) is 0 Å². The molecule has 0 aromatic heterocycles. The second-order valence-corrected chi connectivity index (χ2v) is 5.23. The first kappa shape index (κ1) is 15.0. The van der Waals surface area contributed by atoms with E-state index in [4.69, 9.17) is 4.74 Å². The van der Waals surface area contributed by atoms with Gasteiger partial charge in [-0.25, -0.2) is 0 Å². The normalized spacial score (nSPS) is 13.2. The first-order chi connectivity index (χ1) is 9.79. The third kappa shape index (κ3) is 4.62. The van der Waals surface area contributed by atoms with E-state index in [-0.39, 0.29) is 5.91 Å². The van der Waals surface area contributed by atoms with Crippen molar-refractivity contribution in [2.45, 2.75) is 32.2 Å². The molecule has 0 heterocycles. The highest BCUT2D eigenvalue weighted by Crippen LogP contribution is 2.22. The summed E-state index contributed by atoms with van der Waals surface area (Å²) < 4.78 is 4.88. The van der Waals surface area contributed by atoms with Gasteiger partial charge >= 0.3 is 0 Å². The molecule has 2 rings (SSSR count). The molecular weight excluding hydrogens is 252 g/mol. The van der Waals surface area contributed by atoms with Gasteiger partial charge < -0.3 is 15.4 Å². The van der Waals surface area contributed by atoms with Crippen molar-refractivity contribution in [3.8, 4) is 0 Å². The Morgan fingerprint density at radius 3 is 2.95 bits per heavy atom. The molecule has 1 aliphatic carbocycles. The predicted octanol–water partition coefficient (Wildman–Crippen LogP) is 1.42. The molecule has 0 unspecified atom stereocenters. The predicted molar refractivity (Wildman–Crippen MR) is 79.7 cm³/mol. The van der Waals surface area contributed by atoms with Crippen LogP contribution in [0.5, 0.6) is 0 Å². The standard InChI is InChI=1S/C16H24N2O2/c1-20-10-9-18-16(19)7-8-17-12-13-5-6-14-3-2-4-15(14)11-13/h5-6,11,17H,2-4,7-10,12H2,1H3,(H,18,19). The van der Waals surface area contributed by atoms with Crippen LogP contribution in [-0.4, -0.2) is 32.7 Å². The number of ether oxygens (including phenoxy) is 1. The molecule has 110 valence electrons. The number of carbonyl (C=O) groups is 1. The number of fused-ring (bicyclic) bond motifs is 1. The first-order valence-electron chi connectivity index (χ1n) is 7.36. The van der Waals surface area contributed by atoms with E-state index in [0.29, 0.717) is 26.1 Å². The number of nitrogens with one attached hydrogen (secondary N) is 2. The molecule has 1 aromatic rings. The minimum atomic E-state index is 0.0727. The number of carbonyl (C=O) groups excluding carboxylic acids is 1. The van der Waals surface area contributed by atoms with Gasteiger partial charge in [0.25, 0.3) is 0 Å². The molecule has 0 saturated carbocycles. The van der Waals surface area contributed by atoms with Crippen LogP contribution in [0.25, 0.3) is 0 Å². The molecule has 0 saturated heterocycles. The molecule has 1 aromatic carbocycles. The average Bonchev–Trinajstić information content (AvgIpc) is 2.91. The summed E-state index contributed by atoms with van der Waals surface area (Å²) in [6, 6.07) is 6.74. The quantitative estimate of drug-likeness (QED) is 0.706. The van der Waals surface area contributed by atoms with Crippen molar-refractivity contribution in [3.05, 3.63) is 34.9 Å². The zero-order valence-corrected chi connectivity index (χ0v) is 12.2. The molecule has 0 aliphatic heterocycles. The molecule has 20 heavy (non-hydrogen) atoms. The van der Waals surface area contributed by atoms with Crippen LogP contribution in [0.4, 0.5) is 0 Å². The summed E-state index contributed by atoms with van der Waals surface area (Å²) in [7, 11) is 1.63. The summed E-state index contributed by atoms with van der Waals surface area (Å²) >= 11 is 0. The Labute approximate surface area is 120 Å². The lowest BCUT2D eigenvalue weighted by Crippen LogP contribution is -2.29. The monoisotopic (exact) mass is 276 g/mol. The van der Waals surface area contributed by atoms with E-state index >= 15 is 0 Å². The maximum Gasteiger partial charge on any atom is 0.221 e. The highest BCUT2D eigenvalue weighted by molar-refractivity contribution is 5.76. The van der Waals surface area contributed by atoms with E-state index < -0.39 is 0 Å². The second-order valence-electron chi connectivity index (χ2n) is 5.23. The van der Waals surface area contributed by atoms with Gasteiger partial charge in [-0.05, 0) is 36.0 Å². The number of rotatable bonds is 8. The Morgan fingerprint density at radius 2 is 2.10 bits per heavy atom. The molecule has 0 fully saturated rings. The largest absolute Gasteiger partial charge is 0.383 e. The lowest BCUT2D eigenvalue weighted by atomic mass is 10.1. The van der Waals surface area contributed by atoms with Crippen LogP contribution in [0.1, 0.15) is 29.5 Å². The van der Waals surface area contributed by atoms with Gasteiger partial charge in [0.2, 0.25) is 5.91 Å². The Hall–Kier alpha value is -1.39. The number of hydrogen-bond acceptors (Lipinski definition) is 3.